The molecule has 0 fully saturated rings. The van der Waals surface area contributed by atoms with Crippen LogP contribution in [0.2, 0.25) is 0 Å². The Morgan fingerprint density at radius 3 is 2.52 bits per heavy atom. The molecule has 0 spiro atoms. The number of rotatable bonds is 5. The quantitative estimate of drug-likeness (QED) is 0.381. The molecule has 3 aromatic rings. The molecule has 0 aliphatic rings. The van der Waals surface area contributed by atoms with E-state index in [1.54, 1.807) is 19.1 Å². The number of carbonyl (C=O) groups is 1. The SMILES string of the molecule is CC(Sc1nc(N)c(C#N)c(-c2ccco2)c1C#N)C(=O)Nc1ccc(I)cc1. The maximum Gasteiger partial charge on any atom is 0.237 e. The zero-order valence-corrected chi connectivity index (χ0v) is 18.1. The highest BCUT2D eigenvalue weighted by atomic mass is 127. The van der Waals surface area contributed by atoms with Gasteiger partial charge in [-0.2, -0.15) is 10.5 Å². The van der Waals surface area contributed by atoms with Crippen molar-refractivity contribution in [1.82, 2.24) is 4.98 Å². The minimum Gasteiger partial charge on any atom is -0.464 e. The van der Waals surface area contributed by atoms with Gasteiger partial charge in [0.15, 0.2) is 0 Å². The van der Waals surface area contributed by atoms with Gasteiger partial charge in [0.05, 0.1) is 22.6 Å². The Labute approximate surface area is 185 Å². The fraction of sp³-hybridized carbons (Fsp3) is 0.100. The largest absolute Gasteiger partial charge is 0.464 e. The number of halogens is 1. The van der Waals surface area contributed by atoms with Gasteiger partial charge in [-0.05, 0) is 65.9 Å². The number of pyridine rings is 1. The Hall–Kier alpha value is -3.02. The van der Waals surface area contributed by atoms with Crippen LogP contribution < -0.4 is 11.1 Å². The van der Waals surface area contributed by atoms with Crippen molar-refractivity contribution in [2.75, 3.05) is 11.1 Å². The average Bonchev–Trinajstić information content (AvgIpc) is 3.23. The van der Waals surface area contributed by atoms with Crippen LogP contribution in [-0.4, -0.2) is 16.1 Å². The van der Waals surface area contributed by atoms with Crippen LogP contribution in [-0.2, 0) is 4.79 Å². The minimum absolute atomic E-state index is 0.0226. The summed E-state index contributed by atoms with van der Waals surface area (Å²) >= 11 is 3.28. The Morgan fingerprint density at radius 2 is 1.93 bits per heavy atom. The molecule has 3 rings (SSSR count). The Balaban J connectivity index is 1.92. The standard InChI is InChI=1S/C20H14IN5O2S/c1-11(19(27)25-13-6-4-12(21)5-7-13)29-20-15(10-23)17(16-3-2-8-28-16)14(9-22)18(24)26-20/h2-8,11H,1H3,(H2,24,26)(H,25,27). The first-order chi connectivity index (χ1) is 13.9. The lowest BCUT2D eigenvalue weighted by Gasteiger charge is -2.15. The Morgan fingerprint density at radius 1 is 1.24 bits per heavy atom. The lowest BCUT2D eigenvalue weighted by molar-refractivity contribution is -0.115. The van der Waals surface area contributed by atoms with Crippen molar-refractivity contribution >= 4 is 51.8 Å². The molecule has 1 amide bonds. The predicted octanol–water partition coefficient (Wildman–Crippen LogP) is 4.39. The summed E-state index contributed by atoms with van der Waals surface area (Å²) in [5, 5.41) is 21.7. The van der Waals surface area contributed by atoms with Crippen LogP contribution in [0, 0.1) is 26.2 Å². The number of amides is 1. The van der Waals surface area contributed by atoms with Crippen molar-refractivity contribution in [2.45, 2.75) is 17.2 Å². The van der Waals surface area contributed by atoms with Gasteiger partial charge in [0.2, 0.25) is 5.91 Å². The van der Waals surface area contributed by atoms with Gasteiger partial charge in [-0.3, -0.25) is 4.79 Å². The molecule has 0 radical (unpaired) electrons. The molecule has 9 heteroatoms. The highest BCUT2D eigenvalue weighted by molar-refractivity contribution is 14.1. The van der Waals surface area contributed by atoms with E-state index >= 15 is 0 Å². The Kier molecular flexibility index (Phi) is 6.42. The number of nitrogens with one attached hydrogen (secondary N) is 1. The summed E-state index contributed by atoms with van der Waals surface area (Å²) in [6.07, 6.45) is 1.44. The Bertz CT molecular complexity index is 1130. The minimum atomic E-state index is -0.564. The van der Waals surface area contributed by atoms with E-state index in [1.807, 2.05) is 30.3 Å². The first-order valence-electron chi connectivity index (χ1n) is 8.35. The zero-order valence-electron chi connectivity index (χ0n) is 15.1. The number of nitrogens with two attached hydrogens (primary N) is 1. The molecular weight excluding hydrogens is 501 g/mol. The molecule has 1 unspecified atom stereocenters. The fourth-order valence-corrected chi connectivity index (χ4v) is 3.83. The number of benzene rings is 1. The fourth-order valence-electron chi connectivity index (χ4n) is 2.55. The monoisotopic (exact) mass is 515 g/mol. The first-order valence-corrected chi connectivity index (χ1v) is 10.3. The third kappa shape index (κ3) is 4.53. The summed E-state index contributed by atoms with van der Waals surface area (Å²) < 4.78 is 6.44. The normalized spacial score (nSPS) is 11.3. The second kappa shape index (κ2) is 8.99. The van der Waals surface area contributed by atoms with Crippen molar-refractivity contribution in [3.05, 3.63) is 57.4 Å². The van der Waals surface area contributed by atoms with E-state index in [0.29, 0.717) is 11.4 Å². The van der Waals surface area contributed by atoms with E-state index in [9.17, 15) is 15.3 Å². The van der Waals surface area contributed by atoms with Gasteiger partial charge < -0.3 is 15.5 Å². The molecule has 0 saturated heterocycles. The summed E-state index contributed by atoms with van der Waals surface area (Å²) in [5.41, 5.74) is 7.11. The van der Waals surface area contributed by atoms with E-state index in [4.69, 9.17) is 10.2 Å². The third-order valence-corrected chi connectivity index (χ3v) is 5.76. The summed E-state index contributed by atoms with van der Waals surface area (Å²) in [4.78, 5) is 16.8. The first kappa shape index (κ1) is 20.7. The molecule has 144 valence electrons. The average molecular weight is 515 g/mol. The second-order valence-electron chi connectivity index (χ2n) is 5.88. The summed E-state index contributed by atoms with van der Waals surface area (Å²) in [6.45, 7) is 1.70. The molecule has 0 bridgehead atoms. The number of carbonyl (C=O) groups excluding carboxylic acids is 1. The van der Waals surface area contributed by atoms with E-state index < -0.39 is 5.25 Å². The number of aromatic nitrogens is 1. The maximum atomic E-state index is 12.6. The number of furan rings is 1. The molecule has 0 aliphatic heterocycles. The second-order valence-corrected chi connectivity index (χ2v) is 8.46. The highest BCUT2D eigenvalue weighted by Crippen LogP contribution is 2.37. The summed E-state index contributed by atoms with van der Waals surface area (Å²) in [6, 6.07) is 14.7. The van der Waals surface area contributed by atoms with Gasteiger partial charge in [-0.15, -0.1) is 0 Å². The number of nitrogens with zero attached hydrogens (tertiary/aromatic N) is 3. The lowest BCUT2D eigenvalue weighted by atomic mass is 10.0. The molecule has 0 aliphatic carbocycles. The van der Waals surface area contributed by atoms with Gasteiger partial charge in [0.1, 0.15) is 34.3 Å². The number of hydrogen-bond donors (Lipinski definition) is 2. The molecule has 29 heavy (non-hydrogen) atoms. The van der Waals surface area contributed by atoms with Crippen molar-refractivity contribution in [3.8, 4) is 23.5 Å². The summed E-state index contributed by atoms with van der Waals surface area (Å²) in [7, 11) is 0. The molecule has 0 saturated carbocycles. The molecule has 2 aromatic heterocycles. The third-order valence-electron chi connectivity index (χ3n) is 3.95. The molecule has 1 atom stereocenters. The number of thioether (sulfide) groups is 1. The van der Waals surface area contributed by atoms with Gasteiger partial charge in [-0.25, -0.2) is 4.98 Å². The van der Waals surface area contributed by atoms with E-state index in [0.717, 1.165) is 15.3 Å². The highest BCUT2D eigenvalue weighted by Gasteiger charge is 2.25. The van der Waals surface area contributed by atoms with Gasteiger partial charge >= 0.3 is 0 Å². The van der Waals surface area contributed by atoms with Crippen LogP contribution >= 0.6 is 34.4 Å². The van der Waals surface area contributed by atoms with Crippen LogP contribution in [0.25, 0.3) is 11.3 Å². The van der Waals surface area contributed by atoms with Crippen LogP contribution in [0.15, 0.2) is 52.1 Å². The summed E-state index contributed by atoms with van der Waals surface area (Å²) in [5.74, 6) is 0.0695. The zero-order chi connectivity index (χ0) is 21.0. The van der Waals surface area contributed by atoms with Crippen LogP contribution in [0.5, 0.6) is 0 Å². The van der Waals surface area contributed by atoms with Gasteiger partial charge in [0.25, 0.3) is 0 Å². The number of nitriles is 2. The van der Waals surface area contributed by atoms with E-state index in [2.05, 4.69) is 39.0 Å². The lowest BCUT2D eigenvalue weighted by Crippen LogP contribution is -2.22. The number of nitrogen functional groups attached to an aromatic ring is 1. The topological polar surface area (TPSA) is 129 Å². The van der Waals surface area contributed by atoms with Crippen LogP contribution in [0.4, 0.5) is 11.5 Å². The molecule has 3 N–H and O–H groups in total. The van der Waals surface area contributed by atoms with Crippen LogP contribution in [0.1, 0.15) is 18.1 Å². The van der Waals surface area contributed by atoms with Crippen LogP contribution in [0.3, 0.4) is 0 Å². The van der Waals surface area contributed by atoms with Crippen molar-refractivity contribution in [1.29, 1.82) is 10.5 Å². The van der Waals surface area contributed by atoms with Gasteiger partial charge in [0, 0.05) is 9.26 Å². The van der Waals surface area contributed by atoms with Crippen molar-refractivity contribution in [2.24, 2.45) is 0 Å². The van der Waals surface area contributed by atoms with Crippen molar-refractivity contribution in [3.63, 3.8) is 0 Å². The number of hydrogen-bond acceptors (Lipinski definition) is 7. The molecule has 7 nitrogen and oxygen atoms in total. The molecule has 1 aromatic carbocycles. The van der Waals surface area contributed by atoms with E-state index in [1.165, 1.54) is 6.26 Å². The van der Waals surface area contributed by atoms with Crippen molar-refractivity contribution < 1.29 is 9.21 Å². The maximum absolute atomic E-state index is 12.6. The van der Waals surface area contributed by atoms with E-state index in [-0.39, 0.29) is 33.4 Å². The van der Waals surface area contributed by atoms with Gasteiger partial charge in [-0.1, -0.05) is 11.8 Å². The molecule has 2 heterocycles. The smallest absolute Gasteiger partial charge is 0.237 e. The molecular formula is C20H14IN5O2S. The number of anilines is 2. The predicted molar refractivity (Wildman–Crippen MR) is 119 cm³/mol.